The molecule has 0 atom stereocenters. The first-order valence-corrected chi connectivity index (χ1v) is 7.48. The molecule has 3 heterocycles. The van der Waals surface area contributed by atoms with Crippen molar-refractivity contribution in [2.75, 3.05) is 12.4 Å². The lowest BCUT2D eigenvalue weighted by Gasteiger charge is -2.06. The van der Waals surface area contributed by atoms with Gasteiger partial charge in [-0.15, -0.1) is 11.3 Å². The molecule has 0 aromatic carbocycles. The summed E-state index contributed by atoms with van der Waals surface area (Å²) in [6.07, 6.45) is 4.38. The van der Waals surface area contributed by atoms with Crippen molar-refractivity contribution in [2.45, 2.75) is 13.3 Å². The quantitative estimate of drug-likeness (QED) is 0.800. The summed E-state index contributed by atoms with van der Waals surface area (Å²) in [6.45, 7) is 2.00. The molecule has 3 aromatic heterocycles. The molecule has 1 N–H and O–H groups in total. The van der Waals surface area contributed by atoms with Crippen molar-refractivity contribution in [3.8, 4) is 11.3 Å². The Morgan fingerprint density at radius 3 is 2.76 bits per heavy atom. The van der Waals surface area contributed by atoms with Gasteiger partial charge in [-0.05, 0) is 6.92 Å². The van der Waals surface area contributed by atoms with Crippen LogP contribution in [0.25, 0.3) is 11.3 Å². The molecule has 3 aromatic rings. The highest BCUT2D eigenvalue weighted by Crippen LogP contribution is 2.20. The molecule has 0 aliphatic rings. The summed E-state index contributed by atoms with van der Waals surface area (Å²) in [4.78, 5) is 13.6. The summed E-state index contributed by atoms with van der Waals surface area (Å²) in [6, 6.07) is 1.92. The second-order valence-electron chi connectivity index (χ2n) is 4.74. The third-order valence-electron chi connectivity index (χ3n) is 3.04. The van der Waals surface area contributed by atoms with Crippen LogP contribution in [0.3, 0.4) is 0 Å². The van der Waals surface area contributed by atoms with Crippen molar-refractivity contribution in [3.63, 3.8) is 0 Å². The highest BCUT2D eigenvalue weighted by atomic mass is 32.1. The Morgan fingerprint density at radius 1 is 1.29 bits per heavy atom. The Bertz CT molecular complexity index is 760. The lowest BCUT2D eigenvalue weighted by atomic mass is 10.2. The number of anilines is 1. The number of aryl methyl sites for hydroxylation is 2. The van der Waals surface area contributed by atoms with Crippen molar-refractivity contribution in [3.05, 3.63) is 40.4 Å². The van der Waals surface area contributed by atoms with Crippen LogP contribution in [-0.2, 0) is 13.5 Å². The van der Waals surface area contributed by atoms with E-state index in [4.69, 9.17) is 0 Å². The molecular weight excluding hydrogens is 284 g/mol. The van der Waals surface area contributed by atoms with Crippen molar-refractivity contribution in [1.82, 2.24) is 24.7 Å². The second-order valence-corrected chi connectivity index (χ2v) is 5.80. The summed E-state index contributed by atoms with van der Waals surface area (Å²) in [5.41, 5.74) is 2.85. The summed E-state index contributed by atoms with van der Waals surface area (Å²) < 4.78 is 1.76. The lowest BCUT2D eigenvalue weighted by Crippen LogP contribution is -2.02. The average molecular weight is 300 g/mol. The van der Waals surface area contributed by atoms with Crippen LogP contribution >= 0.6 is 11.3 Å². The maximum atomic E-state index is 4.63. The number of nitrogens with zero attached hydrogens (tertiary/aromatic N) is 5. The van der Waals surface area contributed by atoms with Crippen LogP contribution < -0.4 is 5.32 Å². The first kappa shape index (κ1) is 13.7. The molecule has 0 saturated heterocycles. The fraction of sp³-hybridized carbons (Fsp3) is 0.286. The molecule has 0 saturated carbocycles. The maximum absolute atomic E-state index is 4.63. The Balaban J connectivity index is 1.96. The highest BCUT2D eigenvalue weighted by molar-refractivity contribution is 7.09. The van der Waals surface area contributed by atoms with E-state index in [9.17, 15) is 0 Å². The van der Waals surface area contributed by atoms with Gasteiger partial charge in [0, 0.05) is 37.3 Å². The van der Waals surface area contributed by atoms with E-state index >= 15 is 0 Å². The fourth-order valence-electron chi connectivity index (χ4n) is 2.06. The Hall–Kier alpha value is -2.28. The van der Waals surface area contributed by atoms with E-state index in [0.29, 0.717) is 6.42 Å². The molecule has 108 valence electrons. The van der Waals surface area contributed by atoms with E-state index in [-0.39, 0.29) is 0 Å². The summed E-state index contributed by atoms with van der Waals surface area (Å²) >= 11 is 1.64. The van der Waals surface area contributed by atoms with E-state index in [2.05, 4.69) is 30.7 Å². The highest BCUT2D eigenvalue weighted by Gasteiger charge is 2.09. The molecule has 7 heteroatoms. The predicted octanol–water partition coefficient (Wildman–Crippen LogP) is 2.27. The van der Waals surface area contributed by atoms with E-state index < -0.39 is 0 Å². The van der Waals surface area contributed by atoms with E-state index in [1.807, 2.05) is 33.3 Å². The maximum Gasteiger partial charge on any atom is 0.137 e. The summed E-state index contributed by atoms with van der Waals surface area (Å²) in [7, 11) is 3.74. The van der Waals surface area contributed by atoms with Gasteiger partial charge in [-0.1, -0.05) is 0 Å². The first-order chi connectivity index (χ1) is 10.1. The molecule has 0 bridgehead atoms. The van der Waals surface area contributed by atoms with Crippen LogP contribution in [0.5, 0.6) is 0 Å². The van der Waals surface area contributed by atoms with Crippen LogP contribution in [0.4, 0.5) is 5.82 Å². The number of rotatable bonds is 4. The normalized spacial score (nSPS) is 10.8. The fourth-order valence-corrected chi connectivity index (χ4v) is 2.67. The smallest absolute Gasteiger partial charge is 0.137 e. The zero-order valence-corrected chi connectivity index (χ0v) is 13.0. The average Bonchev–Trinajstić information content (AvgIpc) is 3.07. The van der Waals surface area contributed by atoms with Crippen LogP contribution in [-0.4, -0.2) is 31.8 Å². The van der Waals surface area contributed by atoms with Gasteiger partial charge < -0.3 is 5.32 Å². The third-order valence-corrected chi connectivity index (χ3v) is 3.86. The molecule has 6 nitrogen and oxygen atoms in total. The van der Waals surface area contributed by atoms with Gasteiger partial charge in [0.05, 0.1) is 29.0 Å². The van der Waals surface area contributed by atoms with E-state index in [1.165, 1.54) is 0 Å². The van der Waals surface area contributed by atoms with Gasteiger partial charge in [-0.2, -0.15) is 5.10 Å². The zero-order valence-electron chi connectivity index (χ0n) is 12.2. The molecule has 21 heavy (non-hydrogen) atoms. The van der Waals surface area contributed by atoms with Crippen LogP contribution in [0.2, 0.25) is 0 Å². The van der Waals surface area contributed by atoms with Crippen LogP contribution in [0.1, 0.15) is 16.5 Å². The van der Waals surface area contributed by atoms with Gasteiger partial charge in [0.2, 0.25) is 0 Å². The van der Waals surface area contributed by atoms with Crippen LogP contribution in [0, 0.1) is 6.92 Å². The van der Waals surface area contributed by atoms with Crippen molar-refractivity contribution >= 4 is 17.2 Å². The molecule has 0 aliphatic heterocycles. The molecule has 0 amide bonds. The minimum Gasteiger partial charge on any atom is -0.373 e. The van der Waals surface area contributed by atoms with Gasteiger partial charge >= 0.3 is 0 Å². The number of aromatic nitrogens is 5. The molecule has 3 rings (SSSR count). The van der Waals surface area contributed by atoms with Crippen molar-refractivity contribution in [1.29, 1.82) is 0 Å². The molecule has 0 unspecified atom stereocenters. The van der Waals surface area contributed by atoms with Gasteiger partial charge in [0.15, 0.2) is 0 Å². The zero-order chi connectivity index (χ0) is 14.8. The second kappa shape index (κ2) is 5.61. The van der Waals surface area contributed by atoms with E-state index in [0.717, 1.165) is 33.6 Å². The van der Waals surface area contributed by atoms with Gasteiger partial charge in [0.1, 0.15) is 11.6 Å². The number of hydrogen-bond donors (Lipinski definition) is 1. The first-order valence-electron chi connectivity index (χ1n) is 6.60. The van der Waals surface area contributed by atoms with Gasteiger partial charge in [-0.3, -0.25) is 4.68 Å². The van der Waals surface area contributed by atoms with E-state index in [1.54, 1.807) is 22.2 Å². The topological polar surface area (TPSA) is 68.5 Å². The molecule has 0 aliphatic carbocycles. The van der Waals surface area contributed by atoms with Gasteiger partial charge in [0.25, 0.3) is 0 Å². The van der Waals surface area contributed by atoms with Gasteiger partial charge in [-0.25, -0.2) is 15.0 Å². The Morgan fingerprint density at radius 2 is 2.14 bits per heavy atom. The number of thiazole rings is 1. The standard InChI is InChI=1S/C14H16N6S/c1-9-17-11(8-21-9)4-14-18-12(5-13(15-2)19-14)10-6-16-20(3)7-10/h5-8H,4H2,1-3H3,(H,15,18,19). The lowest BCUT2D eigenvalue weighted by molar-refractivity contribution is 0.768. The van der Waals surface area contributed by atoms with Crippen LogP contribution in [0.15, 0.2) is 23.8 Å². The molecule has 0 fully saturated rings. The Labute approximate surface area is 126 Å². The monoisotopic (exact) mass is 300 g/mol. The number of hydrogen-bond acceptors (Lipinski definition) is 6. The molecular formula is C14H16N6S. The minimum atomic E-state index is 0.632. The SMILES string of the molecule is CNc1cc(-c2cnn(C)c2)nc(Cc2csc(C)n2)n1. The van der Waals surface area contributed by atoms with Crippen molar-refractivity contribution < 1.29 is 0 Å². The molecule has 0 spiro atoms. The predicted molar refractivity (Wildman–Crippen MR) is 83.4 cm³/mol. The third kappa shape index (κ3) is 3.08. The largest absolute Gasteiger partial charge is 0.373 e. The minimum absolute atomic E-state index is 0.632. The molecule has 0 radical (unpaired) electrons. The van der Waals surface area contributed by atoms with Crippen molar-refractivity contribution in [2.24, 2.45) is 7.05 Å². The summed E-state index contributed by atoms with van der Waals surface area (Å²) in [5, 5.41) is 10.4. The number of nitrogens with one attached hydrogen (secondary N) is 1. The summed E-state index contributed by atoms with van der Waals surface area (Å²) in [5.74, 6) is 1.55. The Kier molecular flexibility index (Phi) is 3.66.